The van der Waals surface area contributed by atoms with E-state index in [1.165, 1.54) is 0 Å². The first-order chi connectivity index (χ1) is 15.2. The van der Waals surface area contributed by atoms with Crippen molar-refractivity contribution in [2.75, 3.05) is 59.5 Å². The van der Waals surface area contributed by atoms with Gasteiger partial charge in [0.15, 0.2) is 0 Å². The molecule has 2 unspecified atom stereocenters. The summed E-state index contributed by atoms with van der Waals surface area (Å²) in [4.78, 5) is 18.7. The number of likely N-dealkylation sites (N-methyl/N-ethyl adjacent to an activating group) is 1. The molecule has 32 heavy (non-hydrogen) atoms. The van der Waals surface area contributed by atoms with Gasteiger partial charge in [-0.2, -0.15) is 5.26 Å². The Kier molecular flexibility index (Phi) is 8.35. The Labute approximate surface area is 191 Å². The summed E-state index contributed by atoms with van der Waals surface area (Å²) in [6, 6.07) is 9.34. The van der Waals surface area contributed by atoms with Gasteiger partial charge in [-0.1, -0.05) is 0 Å². The molecule has 0 aliphatic carbocycles. The topological polar surface area (TPSA) is 78.3 Å². The normalized spacial score (nSPS) is 21.6. The molecule has 0 radical (unpaired) electrons. The van der Waals surface area contributed by atoms with E-state index < -0.39 is 5.60 Å². The maximum absolute atomic E-state index is 12.1. The van der Waals surface area contributed by atoms with Gasteiger partial charge >= 0.3 is 6.09 Å². The number of carbonyl (C=O) groups is 1. The number of amides is 1. The van der Waals surface area contributed by atoms with Crippen LogP contribution in [0, 0.1) is 11.3 Å². The van der Waals surface area contributed by atoms with Crippen LogP contribution in [0.1, 0.15) is 32.8 Å². The molecule has 3 rings (SSSR count). The molecular formula is C24H36N4O4. The maximum atomic E-state index is 12.1. The average Bonchev–Trinajstić information content (AvgIpc) is 2.73. The third-order valence-corrected chi connectivity index (χ3v) is 5.56. The maximum Gasteiger partial charge on any atom is 0.410 e. The van der Waals surface area contributed by atoms with Crippen molar-refractivity contribution >= 4 is 6.09 Å². The molecule has 2 atom stereocenters. The zero-order valence-corrected chi connectivity index (χ0v) is 19.7. The van der Waals surface area contributed by atoms with Gasteiger partial charge in [-0.3, -0.25) is 9.80 Å². The number of fused-ring (bicyclic) bond motifs is 2. The van der Waals surface area contributed by atoms with Crippen molar-refractivity contribution in [3.63, 3.8) is 0 Å². The molecule has 176 valence electrons. The monoisotopic (exact) mass is 444 g/mol. The molecule has 1 aromatic carbocycles. The number of hydrogen-bond acceptors (Lipinski definition) is 7. The summed E-state index contributed by atoms with van der Waals surface area (Å²) >= 11 is 0. The standard InChI is InChI=1S/C24H36N4O4/c1-24(2,3)32-23(29)26(4)11-12-28-17-21-15-27(16-22(18-28)31-21)10-5-13-30-20-8-6-19(14-25)7-9-20/h6-9,21-22H,5,10-13,15-18H2,1-4H3. The fourth-order valence-electron chi connectivity index (χ4n) is 4.05. The zero-order valence-electron chi connectivity index (χ0n) is 19.7. The van der Waals surface area contributed by atoms with Crippen molar-refractivity contribution in [1.82, 2.24) is 14.7 Å². The van der Waals surface area contributed by atoms with Gasteiger partial charge in [-0.05, 0) is 51.5 Å². The smallest absolute Gasteiger partial charge is 0.410 e. The van der Waals surface area contributed by atoms with Gasteiger partial charge in [0, 0.05) is 52.9 Å². The highest BCUT2D eigenvalue weighted by Crippen LogP contribution is 2.20. The van der Waals surface area contributed by atoms with Crippen LogP contribution in [0.3, 0.4) is 0 Å². The third kappa shape index (κ3) is 7.66. The Morgan fingerprint density at radius 3 is 2.28 bits per heavy atom. The fourth-order valence-corrected chi connectivity index (χ4v) is 4.05. The van der Waals surface area contributed by atoms with E-state index in [4.69, 9.17) is 19.5 Å². The molecule has 8 nitrogen and oxygen atoms in total. The second-order valence-electron chi connectivity index (χ2n) is 9.64. The molecule has 2 aliphatic heterocycles. The molecule has 2 heterocycles. The van der Waals surface area contributed by atoms with Gasteiger partial charge in [0.2, 0.25) is 0 Å². The predicted octanol–water partition coefficient (Wildman–Crippen LogP) is 2.58. The minimum Gasteiger partial charge on any atom is -0.494 e. The number of nitriles is 1. The third-order valence-electron chi connectivity index (χ3n) is 5.56. The van der Waals surface area contributed by atoms with Gasteiger partial charge in [0.25, 0.3) is 0 Å². The Bertz CT molecular complexity index is 773. The Morgan fingerprint density at radius 2 is 1.72 bits per heavy atom. The van der Waals surface area contributed by atoms with E-state index in [2.05, 4.69) is 15.9 Å². The Balaban J connectivity index is 1.34. The number of carbonyl (C=O) groups excluding carboxylic acids is 1. The van der Waals surface area contributed by atoms with E-state index in [-0.39, 0.29) is 18.3 Å². The van der Waals surface area contributed by atoms with E-state index in [1.54, 1.807) is 24.1 Å². The lowest BCUT2D eigenvalue weighted by Gasteiger charge is -2.46. The van der Waals surface area contributed by atoms with Gasteiger partial charge in [0.05, 0.1) is 30.4 Å². The van der Waals surface area contributed by atoms with Crippen molar-refractivity contribution in [2.24, 2.45) is 0 Å². The molecule has 2 saturated heterocycles. The molecule has 1 aromatic rings. The predicted molar refractivity (Wildman–Crippen MR) is 122 cm³/mol. The van der Waals surface area contributed by atoms with Crippen LogP contribution in [0.15, 0.2) is 24.3 Å². The van der Waals surface area contributed by atoms with Crippen molar-refractivity contribution in [3.8, 4) is 11.8 Å². The molecule has 8 heteroatoms. The number of morpholine rings is 2. The number of ether oxygens (including phenoxy) is 3. The van der Waals surface area contributed by atoms with Crippen LogP contribution in [-0.4, -0.2) is 98.1 Å². The molecular weight excluding hydrogens is 408 g/mol. The summed E-state index contributed by atoms with van der Waals surface area (Å²) in [5.74, 6) is 0.801. The molecule has 0 aromatic heterocycles. The first kappa shape index (κ1) is 24.3. The summed E-state index contributed by atoms with van der Waals surface area (Å²) in [7, 11) is 1.79. The largest absolute Gasteiger partial charge is 0.494 e. The van der Waals surface area contributed by atoms with E-state index in [9.17, 15) is 4.79 Å². The van der Waals surface area contributed by atoms with E-state index in [0.717, 1.165) is 51.4 Å². The lowest BCUT2D eigenvalue weighted by Crippen LogP contribution is -2.60. The first-order valence-electron chi connectivity index (χ1n) is 11.4. The van der Waals surface area contributed by atoms with Crippen LogP contribution in [0.4, 0.5) is 4.79 Å². The van der Waals surface area contributed by atoms with Crippen LogP contribution in [0.2, 0.25) is 0 Å². The zero-order chi connectivity index (χ0) is 23.1. The van der Waals surface area contributed by atoms with Gasteiger partial charge < -0.3 is 19.1 Å². The molecule has 2 bridgehead atoms. The molecule has 2 fully saturated rings. The number of nitrogens with zero attached hydrogens (tertiary/aromatic N) is 4. The van der Waals surface area contributed by atoms with Crippen molar-refractivity contribution in [2.45, 2.75) is 45.0 Å². The summed E-state index contributed by atoms with van der Waals surface area (Å²) < 4.78 is 17.4. The summed E-state index contributed by atoms with van der Waals surface area (Å²) in [5.41, 5.74) is 0.167. The summed E-state index contributed by atoms with van der Waals surface area (Å²) in [5, 5.41) is 8.85. The summed E-state index contributed by atoms with van der Waals surface area (Å²) in [6.45, 7) is 12.4. The molecule has 0 spiro atoms. The average molecular weight is 445 g/mol. The molecule has 2 aliphatic rings. The van der Waals surface area contributed by atoms with Crippen LogP contribution in [0.5, 0.6) is 5.75 Å². The Hall–Kier alpha value is -2.34. The second-order valence-corrected chi connectivity index (χ2v) is 9.64. The van der Waals surface area contributed by atoms with Crippen molar-refractivity contribution < 1.29 is 19.0 Å². The highest BCUT2D eigenvalue weighted by Gasteiger charge is 2.34. The number of benzene rings is 1. The molecule has 0 saturated carbocycles. The van der Waals surface area contributed by atoms with Crippen LogP contribution >= 0.6 is 0 Å². The number of hydrogen-bond donors (Lipinski definition) is 0. The van der Waals surface area contributed by atoms with Gasteiger partial charge in [-0.15, -0.1) is 0 Å². The minimum atomic E-state index is -0.474. The van der Waals surface area contributed by atoms with Gasteiger partial charge in [-0.25, -0.2) is 4.79 Å². The highest BCUT2D eigenvalue weighted by atomic mass is 16.6. The SMILES string of the molecule is CN(CCN1CC2CN(CCCOc3ccc(C#N)cc3)CC(C1)O2)C(=O)OC(C)(C)C. The van der Waals surface area contributed by atoms with Crippen LogP contribution < -0.4 is 4.74 Å². The van der Waals surface area contributed by atoms with Crippen LogP contribution in [0.25, 0.3) is 0 Å². The lowest BCUT2D eigenvalue weighted by molar-refractivity contribution is -0.139. The van der Waals surface area contributed by atoms with E-state index in [1.807, 2.05) is 32.9 Å². The summed E-state index contributed by atoms with van der Waals surface area (Å²) in [6.07, 6.45) is 1.08. The van der Waals surface area contributed by atoms with Crippen molar-refractivity contribution in [3.05, 3.63) is 29.8 Å². The van der Waals surface area contributed by atoms with Crippen LogP contribution in [-0.2, 0) is 9.47 Å². The number of rotatable bonds is 8. The van der Waals surface area contributed by atoms with Crippen molar-refractivity contribution in [1.29, 1.82) is 5.26 Å². The fraction of sp³-hybridized carbons (Fsp3) is 0.667. The highest BCUT2D eigenvalue weighted by molar-refractivity contribution is 5.67. The van der Waals surface area contributed by atoms with E-state index >= 15 is 0 Å². The quantitative estimate of drug-likeness (QED) is 0.570. The lowest BCUT2D eigenvalue weighted by atomic mass is 10.1. The van der Waals surface area contributed by atoms with E-state index in [0.29, 0.717) is 18.7 Å². The molecule has 0 N–H and O–H groups in total. The Morgan fingerprint density at radius 1 is 1.12 bits per heavy atom. The second kappa shape index (κ2) is 11.0. The van der Waals surface area contributed by atoms with Gasteiger partial charge in [0.1, 0.15) is 11.4 Å². The first-order valence-corrected chi connectivity index (χ1v) is 11.4. The molecule has 1 amide bonds. The minimum absolute atomic E-state index is 0.203.